The van der Waals surface area contributed by atoms with Crippen LogP contribution in [0.3, 0.4) is 0 Å². The Balaban J connectivity index is 1.14. The highest BCUT2D eigenvalue weighted by molar-refractivity contribution is 6.18. The lowest BCUT2D eigenvalue weighted by Crippen LogP contribution is -2.54. The topological polar surface area (TPSA) is 82.8 Å². The number of terminal acetylenes is 1. The number of halogens is 5. The monoisotopic (exact) mass is 757 g/mol. The van der Waals surface area contributed by atoms with Gasteiger partial charge in [-0.15, -0.1) is 6.42 Å². The van der Waals surface area contributed by atoms with Gasteiger partial charge >= 0.3 is 6.01 Å². The van der Waals surface area contributed by atoms with Crippen LogP contribution in [0.2, 0.25) is 0 Å². The lowest BCUT2D eigenvalue weighted by Gasteiger charge is -2.42. The van der Waals surface area contributed by atoms with Crippen molar-refractivity contribution in [3.05, 3.63) is 47.7 Å². The summed E-state index contributed by atoms with van der Waals surface area (Å²) in [6, 6.07) is 5.63. The summed E-state index contributed by atoms with van der Waals surface area (Å²) in [6.07, 6.45) is 10.8. The number of anilines is 1. The van der Waals surface area contributed by atoms with Crippen LogP contribution in [-0.2, 0) is 7.05 Å². The quantitative estimate of drug-likeness (QED) is 0.135. The number of ether oxygens (including phenoxy) is 1. The molecule has 9 nitrogen and oxygen atoms in total. The van der Waals surface area contributed by atoms with Crippen molar-refractivity contribution in [1.29, 1.82) is 0 Å². The van der Waals surface area contributed by atoms with E-state index in [2.05, 4.69) is 20.6 Å². The largest absolute Gasteiger partial charge is 0.508 e. The van der Waals surface area contributed by atoms with Gasteiger partial charge in [-0.3, -0.25) is 14.5 Å². The van der Waals surface area contributed by atoms with Crippen LogP contribution in [-0.4, -0.2) is 104 Å². The maximum atomic E-state index is 17.7. The van der Waals surface area contributed by atoms with Crippen molar-refractivity contribution < 1.29 is 31.8 Å². The van der Waals surface area contributed by atoms with Gasteiger partial charge in [0.15, 0.2) is 5.82 Å². The Labute approximate surface area is 314 Å². The van der Waals surface area contributed by atoms with E-state index < -0.39 is 35.2 Å². The van der Waals surface area contributed by atoms with Crippen molar-refractivity contribution in [3.63, 3.8) is 0 Å². The molecule has 5 aromatic rings. The first kappa shape index (κ1) is 34.7. The lowest BCUT2D eigenvalue weighted by molar-refractivity contribution is 0.0887. The van der Waals surface area contributed by atoms with E-state index in [9.17, 15) is 18.3 Å². The number of aromatic nitrogens is 4. The zero-order chi connectivity index (χ0) is 38.0. The summed E-state index contributed by atoms with van der Waals surface area (Å²) in [6.45, 7) is 2.92. The molecule has 5 aliphatic rings. The molecule has 1 N–H and O–H groups in total. The molecule has 1 saturated carbocycles. The van der Waals surface area contributed by atoms with Crippen LogP contribution in [0.1, 0.15) is 50.5 Å². The molecule has 10 rings (SSSR count). The van der Waals surface area contributed by atoms with Gasteiger partial charge in [-0.2, -0.15) is 15.1 Å². The summed E-state index contributed by atoms with van der Waals surface area (Å²) in [7, 11) is 1.72. The minimum absolute atomic E-state index is 0.0138. The molecule has 3 aromatic carbocycles. The van der Waals surface area contributed by atoms with Gasteiger partial charge in [0.2, 0.25) is 0 Å². The highest BCUT2D eigenvalue weighted by atomic mass is 19.3. The molecule has 4 saturated heterocycles. The van der Waals surface area contributed by atoms with E-state index in [0.717, 1.165) is 32.2 Å². The van der Waals surface area contributed by atoms with Crippen molar-refractivity contribution >= 4 is 38.4 Å². The number of alkyl halides is 3. The molecule has 5 atom stereocenters. The van der Waals surface area contributed by atoms with Gasteiger partial charge < -0.3 is 14.7 Å². The number of aryl methyl sites for hydroxylation is 1. The average molecular weight is 758 g/mol. The second kappa shape index (κ2) is 12.4. The summed E-state index contributed by atoms with van der Waals surface area (Å²) >= 11 is 0. The zero-order valence-corrected chi connectivity index (χ0v) is 30.3. The van der Waals surface area contributed by atoms with Gasteiger partial charge in [0.1, 0.15) is 41.2 Å². The van der Waals surface area contributed by atoms with E-state index in [1.165, 1.54) is 24.3 Å². The van der Waals surface area contributed by atoms with E-state index in [4.69, 9.17) is 26.2 Å². The predicted molar refractivity (Wildman–Crippen MR) is 198 cm³/mol. The van der Waals surface area contributed by atoms with Gasteiger partial charge in [-0.25, -0.2) is 22.0 Å². The molecule has 1 unspecified atom stereocenters. The smallest absolute Gasteiger partial charge is 0.319 e. The van der Waals surface area contributed by atoms with Crippen LogP contribution in [0.15, 0.2) is 30.5 Å². The molecule has 55 heavy (non-hydrogen) atoms. The second-order valence-electron chi connectivity index (χ2n) is 16.3. The fourth-order valence-electron chi connectivity index (χ4n) is 10.3. The number of piperazine rings is 1. The predicted octanol–water partition coefficient (Wildman–Crippen LogP) is 6.96. The molecular formula is C41H40F5N7O2. The summed E-state index contributed by atoms with van der Waals surface area (Å²) in [5.41, 5.74) is -0.245. The molecule has 14 heteroatoms. The van der Waals surface area contributed by atoms with Crippen molar-refractivity contribution in [2.24, 2.45) is 13.0 Å². The third-order valence-corrected chi connectivity index (χ3v) is 13.0. The summed E-state index contributed by atoms with van der Waals surface area (Å²) in [5, 5.41) is 17.2. The van der Waals surface area contributed by atoms with Crippen LogP contribution < -0.4 is 9.64 Å². The van der Waals surface area contributed by atoms with Crippen molar-refractivity contribution in [3.8, 4) is 35.2 Å². The Morgan fingerprint density at radius 3 is 2.56 bits per heavy atom. The van der Waals surface area contributed by atoms with Gasteiger partial charge in [0.05, 0.1) is 16.5 Å². The van der Waals surface area contributed by atoms with Crippen LogP contribution in [0.5, 0.6) is 11.8 Å². The zero-order valence-electron chi connectivity index (χ0n) is 30.3. The Morgan fingerprint density at radius 2 is 1.82 bits per heavy atom. The van der Waals surface area contributed by atoms with Crippen LogP contribution in [0, 0.1) is 29.9 Å². The third-order valence-electron chi connectivity index (χ3n) is 13.0. The first-order chi connectivity index (χ1) is 26.4. The maximum absolute atomic E-state index is 17.7. The van der Waals surface area contributed by atoms with Crippen LogP contribution >= 0.6 is 0 Å². The fraction of sp³-hybridized carbons (Fsp3) is 0.488. The number of benzene rings is 3. The Bertz CT molecular complexity index is 2440. The van der Waals surface area contributed by atoms with Crippen molar-refractivity contribution in [2.75, 3.05) is 44.2 Å². The number of aromatic hydroxyl groups is 1. The molecule has 1 aliphatic carbocycles. The highest BCUT2D eigenvalue weighted by Crippen LogP contribution is 2.51. The summed E-state index contributed by atoms with van der Waals surface area (Å²) in [5.74, 6) is -1.86. The van der Waals surface area contributed by atoms with Crippen molar-refractivity contribution in [2.45, 2.75) is 74.7 Å². The lowest BCUT2D eigenvalue weighted by atomic mass is 9.91. The number of hydrogen-bond acceptors (Lipinski definition) is 8. The Morgan fingerprint density at radius 1 is 1.04 bits per heavy atom. The maximum Gasteiger partial charge on any atom is 0.319 e. The molecule has 6 heterocycles. The SMILES string of the molecule is C#Cc1c(F)ccc2cc(O)cc(-c3c(F)c4nc(OC[C@@]56CCCN5C[C@H](F)C6)nc(N5C[C@H]6CC[C@@H](C5)N6CCC5CC5(F)F)c4c4cn(C)nc34)c12. The minimum Gasteiger partial charge on any atom is -0.508 e. The van der Waals surface area contributed by atoms with Gasteiger partial charge in [0, 0.05) is 80.1 Å². The van der Waals surface area contributed by atoms with E-state index >= 15 is 8.78 Å². The molecule has 286 valence electrons. The standard InChI is InChI=1S/C41H40F5N7O2/c1-3-28-31(43)8-5-22-13-27(54)14-29(32(22)28)33-35(44)37-34(30-20-50(2)49-36(30)33)38(48-39(47-37)55-21-40-10-4-11-52(40)17-24(42)16-40)51-18-25-6-7-26(19-51)53(25)12-9-23-15-41(23,45)46/h1,5,8,13-14,20,23-26,54H,4,6-7,9-12,15-19,21H2,2H3/t23?,24-,25-,26+,40+/m1/s1. The molecule has 0 amide bonds. The Kier molecular flexibility index (Phi) is 7.82. The Hall–Kier alpha value is -4.74. The number of phenolic OH excluding ortho intramolecular Hbond substituents is 1. The fourth-order valence-corrected chi connectivity index (χ4v) is 10.3. The van der Waals surface area contributed by atoms with E-state index in [1.807, 2.05) is 0 Å². The molecular weight excluding hydrogens is 717 g/mol. The summed E-state index contributed by atoms with van der Waals surface area (Å²) in [4.78, 5) is 16.3. The molecule has 0 spiro atoms. The second-order valence-corrected chi connectivity index (χ2v) is 16.3. The van der Waals surface area contributed by atoms with Gasteiger partial charge in [-0.1, -0.05) is 12.0 Å². The number of phenols is 1. The first-order valence-electron chi connectivity index (χ1n) is 19.1. The molecule has 4 aliphatic heterocycles. The molecule has 0 radical (unpaired) electrons. The van der Waals surface area contributed by atoms with Gasteiger partial charge in [-0.05, 0) is 74.3 Å². The molecule has 2 bridgehead atoms. The normalized spacial score (nSPS) is 27.4. The number of nitrogens with zero attached hydrogens (tertiary/aromatic N) is 7. The van der Waals surface area contributed by atoms with Crippen molar-refractivity contribution in [1.82, 2.24) is 29.5 Å². The number of hydrogen-bond donors (Lipinski definition) is 1. The van der Waals surface area contributed by atoms with E-state index in [-0.39, 0.29) is 70.0 Å². The minimum atomic E-state index is -2.56. The van der Waals surface area contributed by atoms with Crippen LogP contribution in [0.25, 0.3) is 43.7 Å². The average Bonchev–Trinajstić information content (AvgIpc) is 3.51. The van der Waals surface area contributed by atoms with Crippen LogP contribution in [0.4, 0.5) is 27.8 Å². The van der Waals surface area contributed by atoms with E-state index in [1.54, 1.807) is 17.9 Å². The third kappa shape index (κ3) is 5.51. The van der Waals surface area contributed by atoms with E-state index in [0.29, 0.717) is 61.0 Å². The summed E-state index contributed by atoms with van der Waals surface area (Å²) < 4.78 is 83.2. The number of fused-ring (bicyclic) bond motifs is 7. The molecule has 2 aromatic heterocycles. The van der Waals surface area contributed by atoms with Gasteiger partial charge in [0.25, 0.3) is 5.92 Å². The first-order valence-corrected chi connectivity index (χ1v) is 19.1. The highest BCUT2D eigenvalue weighted by Gasteiger charge is 2.56. The molecule has 5 fully saturated rings. The number of rotatable bonds is 8.